The molecular formula is C18H15FN4O6S. The number of pyridine rings is 1. The zero-order valence-electron chi connectivity index (χ0n) is 15.6. The van der Waals surface area contributed by atoms with Crippen LogP contribution in [0.5, 0.6) is 5.88 Å². The SMILES string of the molecule is CCOC(=O)c1noc(-c2cnc3c(c2)N(S(=O)(=O)c2ccc(F)cc2)CCO3)n1. The Bertz CT molecular complexity index is 1200. The molecule has 0 radical (unpaired) electrons. The monoisotopic (exact) mass is 434 g/mol. The number of esters is 1. The first-order chi connectivity index (χ1) is 14.4. The van der Waals surface area contributed by atoms with E-state index < -0.39 is 21.8 Å². The molecule has 1 aliphatic heterocycles. The van der Waals surface area contributed by atoms with Crippen LogP contribution in [0, 0.1) is 5.82 Å². The molecule has 0 saturated carbocycles. The number of fused-ring (bicyclic) bond motifs is 1. The summed E-state index contributed by atoms with van der Waals surface area (Å²) in [6, 6.07) is 5.95. The first-order valence-corrected chi connectivity index (χ1v) is 10.3. The Morgan fingerprint density at radius 3 is 2.80 bits per heavy atom. The Kier molecular flexibility index (Phi) is 5.08. The zero-order valence-corrected chi connectivity index (χ0v) is 16.4. The summed E-state index contributed by atoms with van der Waals surface area (Å²) in [5.74, 6) is -1.51. The number of nitrogens with zero attached hydrogens (tertiary/aromatic N) is 4. The molecule has 0 fully saturated rings. The molecule has 3 aromatic rings. The number of carbonyl (C=O) groups is 1. The largest absolute Gasteiger partial charge is 0.474 e. The maximum atomic E-state index is 13.2. The number of anilines is 1. The van der Waals surface area contributed by atoms with Gasteiger partial charge in [-0.2, -0.15) is 4.98 Å². The van der Waals surface area contributed by atoms with E-state index in [0.717, 1.165) is 16.4 Å². The Morgan fingerprint density at radius 1 is 1.30 bits per heavy atom. The van der Waals surface area contributed by atoms with Crippen molar-refractivity contribution < 1.29 is 31.6 Å². The Morgan fingerprint density at radius 2 is 2.07 bits per heavy atom. The van der Waals surface area contributed by atoms with Gasteiger partial charge in [0.05, 0.1) is 23.6 Å². The van der Waals surface area contributed by atoms with E-state index in [2.05, 4.69) is 15.1 Å². The molecular weight excluding hydrogens is 419 g/mol. The molecule has 3 heterocycles. The van der Waals surface area contributed by atoms with Gasteiger partial charge < -0.3 is 14.0 Å². The van der Waals surface area contributed by atoms with Gasteiger partial charge in [0.2, 0.25) is 5.88 Å². The molecule has 0 N–H and O–H groups in total. The number of halogens is 1. The molecule has 0 amide bonds. The summed E-state index contributed by atoms with van der Waals surface area (Å²) in [5, 5.41) is 3.56. The highest BCUT2D eigenvalue weighted by atomic mass is 32.2. The molecule has 1 aromatic carbocycles. The quantitative estimate of drug-likeness (QED) is 0.555. The number of hydrogen-bond donors (Lipinski definition) is 0. The second kappa shape index (κ2) is 7.71. The van der Waals surface area contributed by atoms with Crippen LogP contribution < -0.4 is 9.04 Å². The van der Waals surface area contributed by atoms with Gasteiger partial charge in [0.25, 0.3) is 21.7 Å². The van der Waals surface area contributed by atoms with Crippen molar-refractivity contribution in [2.75, 3.05) is 24.1 Å². The van der Waals surface area contributed by atoms with E-state index >= 15 is 0 Å². The van der Waals surface area contributed by atoms with Crippen LogP contribution >= 0.6 is 0 Å². The predicted molar refractivity (Wildman–Crippen MR) is 99.9 cm³/mol. The van der Waals surface area contributed by atoms with Crippen LogP contribution in [-0.2, 0) is 14.8 Å². The van der Waals surface area contributed by atoms with Gasteiger partial charge in [0, 0.05) is 6.20 Å². The molecule has 0 unspecified atom stereocenters. The van der Waals surface area contributed by atoms with E-state index in [4.69, 9.17) is 14.0 Å². The van der Waals surface area contributed by atoms with Gasteiger partial charge in [-0.15, -0.1) is 0 Å². The number of hydrogen-bond acceptors (Lipinski definition) is 9. The van der Waals surface area contributed by atoms with E-state index in [0.29, 0.717) is 0 Å². The first-order valence-electron chi connectivity index (χ1n) is 8.82. The lowest BCUT2D eigenvalue weighted by Crippen LogP contribution is -2.38. The molecule has 30 heavy (non-hydrogen) atoms. The van der Waals surface area contributed by atoms with Crippen LogP contribution in [0.15, 0.2) is 45.9 Å². The summed E-state index contributed by atoms with van der Waals surface area (Å²) in [6.07, 6.45) is 1.36. The van der Waals surface area contributed by atoms with Gasteiger partial charge in [0.15, 0.2) is 0 Å². The number of carbonyl (C=O) groups excluding carboxylic acids is 1. The highest BCUT2D eigenvalue weighted by molar-refractivity contribution is 7.92. The standard InChI is InChI=1S/C18H15FN4O6S/c1-2-27-18(24)15-21-16(29-22-15)11-9-14-17(20-10-11)28-8-7-23(14)30(25,26)13-5-3-12(19)4-6-13/h3-6,9-10H,2,7-8H2,1H3. The molecule has 0 spiro atoms. The topological polar surface area (TPSA) is 125 Å². The van der Waals surface area contributed by atoms with Gasteiger partial charge in [-0.25, -0.2) is 22.6 Å². The van der Waals surface area contributed by atoms with Crippen LogP contribution in [0.1, 0.15) is 17.5 Å². The van der Waals surface area contributed by atoms with Gasteiger partial charge in [0.1, 0.15) is 18.1 Å². The summed E-state index contributed by atoms with van der Waals surface area (Å²) in [5.41, 5.74) is 0.431. The van der Waals surface area contributed by atoms with Crippen molar-refractivity contribution in [1.82, 2.24) is 15.1 Å². The molecule has 156 valence electrons. The van der Waals surface area contributed by atoms with E-state index in [9.17, 15) is 17.6 Å². The van der Waals surface area contributed by atoms with Crippen LogP contribution in [0.3, 0.4) is 0 Å². The number of rotatable bonds is 5. The highest BCUT2D eigenvalue weighted by Gasteiger charge is 2.32. The predicted octanol–water partition coefficient (Wildman–Crippen LogP) is 2.04. The van der Waals surface area contributed by atoms with Crippen molar-refractivity contribution in [2.45, 2.75) is 11.8 Å². The fourth-order valence-corrected chi connectivity index (χ4v) is 4.24. The lowest BCUT2D eigenvalue weighted by molar-refractivity contribution is 0.0508. The lowest BCUT2D eigenvalue weighted by Gasteiger charge is -2.29. The molecule has 0 saturated heterocycles. The highest BCUT2D eigenvalue weighted by Crippen LogP contribution is 2.36. The fraction of sp³-hybridized carbons (Fsp3) is 0.222. The number of sulfonamides is 1. The van der Waals surface area contributed by atoms with E-state index in [1.807, 2.05) is 0 Å². The van der Waals surface area contributed by atoms with Gasteiger partial charge in [-0.3, -0.25) is 4.31 Å². The summed E-state index contributed by atoms with van der Waals surface area (Å²) in [7, 11) is -4.00. The summed E-state index contributed by atoms with van der Waals surface area (Å²) in [4.78, 5) is 19.7. The van der Waals surface area contributed by atoms with Crippen LogP contribution in [0.4, 0.5) is 10.1 Å². The minimum absolute atomic E-state index is 0.0236. The van der Waals surface area contributed by atoms with Crippen LogP contribution in [0.25, 0.3) is 11.5 Å². The molecule has 0 atom stereocenters. The third kappa shape index (κ3) is 3.56. The minimum Gasteiger partial charge on any atom is -0.474 e. The van der Waals surface area contributed by atoms with Crippen LogP contribution in [0.2, 0.25) is 0 Å². The zero-order chi connectivity index (χ0) is 21.3. The second-order valence-electron chi connectivity index (χ2n) is 6.07. The minimum atomic E-state index is -4.00. The van der Waals surface area contributed by atoms with Crippen molar-refractivity contribution in [3.05, 3.63) is 48.2 Å². The van der Waals surface area contributed by atoms with Crippen molar-refractivity contribution in [1.29, 1.82) is 0 Å². The Labute approximate surface area is 170 Å². The Hall–Kier alpha value is -3.54. The lowest BCUT2D eigenvalue weighted by atomic mass is 10.2. The average Bonchev–Trinajstić information content (AvgIpc) is 3.24. The van der Waals surface area contributed by atoms with Crippen LogP contribution in [-0.4, -0.2) is 49.3 Å². The number of ether oxygens (including phenoxy) is 2. The van der Waals surface area contributed by atoms with Crippen molar-refractivity contribution in [3.63, 3.8) is 0 Å². The third-order valence-corrected chi connectivity index (χ3v) is 5.99. The molecule has 4 rings (SSSR count). The maximum Gasteiger partial charge on any atom is 0.379 e. The normalized spacial score (nSPS) is 13.5. The molecule has 12 heteroatoms. The maximum absolute atomic E-state index is 13.2. The summed E-state index contributed by atoms with van der Waals surface area (Å²) in [6.45, 7) is 1.90. The number of aromatic nitrogens is 3. The smallest absolute Gasteiger partial charge is 0.379 e. The van der Waals surface area contributed by atoms with E-state index in [-0.39, 0.29) is 53.5 Å². The van der Waals surface area contributed by atoms with E-state index in [1.54, 1.807) is 6.92 Å². The van der Waals surface area contributed by atoms with Gasteiger partial charge in [-0.1, -0.05) is 0 Å². The van der Waals surface area contributed by atoms with Gasteiger partial charge in [-0.05, 0) is 42.4 Å². The third-order valence-electron chi connectivity index (χ3n) is 4.17. The molecule has 0 aliphatic carbocycles. The Balaban J connectivity index is 1.72. The first kappa shape index (κ1) is 19.8. The van der Waals surface area contributed by atoms with Gasteiger partial charge >= 0.3 is 5.97 Å². The van der Waals surface area contributed by atoms with Crippen molar-refractivity contribution >= 4 is 21.7 Å². The van der Waals surface area contributed by atoms with Crippen molar-refractivity contribution in [2.24, 2.45) is 0 Å². The molecule has 2 aromatic heterocycles. The summed E-state index contributed by atoms with van der Waals surface area (Å²) >= 11 is 0. The second-order valence-corrected chi connectivity index (χ2v) is 7.93. The molecule has 0 bridgehead atoms. The van der Waals surface area contributed by atoms with Crippen molar-refractivity contribution in [3.8, 4) is 17.3 Å². The van der Waals surface area contributed by atoms with E-state index in [1.165, 1.54) is 24.4 Å². The fourth-order valence-electron chi connectivity index (χ4n) is 2.80. The number of benzene rings is 1. The molecule has 1 aliphatic rings. The molecule has 10 nitrogen and oxygen atoms in total. The summed E-state index contributed by atoms with van der Waals surface area (Å²) < 4.78 is 55.8. The average molecular weight is 434 g/mol.